The van der Waals surface area contributed by atoms with Gasteiger partial charge in [0.1, 0.15) is 0 Å². The number of carbonyl (C=O) groups excluding carboxylic acids is 1. The first kappa shape index (κ1) is 16.9. The molecule has 0 bridgehead atoms. The van der Waals surface area contributed by atoms with Crippen LogP contribution in [0.25, 0.3) is 0 Å². The Hall–Kier alpha value is -1.06. The first-order valence-electron chi connectivity index (χ1n) is 4.57. The summed E-state index contributed by atoms with van der Waals surface area (Å²) in [5, 5.41) is 1.53. The minimum Gasteiger partial charge on any atom is -0.393 e. The van der Waals surface area contributed by atoms with Crippen molar-refractivity contribution >= 4 is 23.1 Å². The summed E-state index contributed by atoms with van der Waals surface area (Å²) in [5.74, 6) is -6.92. The van der Waals surface area contributed by atoms with E-state index in [9.17, 15) is 31.1 Å². The molecule has 0 aliphatic rings. The van der Waals surface area contributed by atoms with Gasteiger partial charge in [0.05, 0.1) is 4.99 Å². The van der Waals surface area contributed by atoms with Crippen LogP contribution < -0.4 is 11.1 Å². The van der Waals surface area contributed by atoms with Gasteiger partial charge in [0.15, 0.2) is 0 Å². The molecule has 3 nitrogen and oxygen atoms in total. The van der Waals surface area contributed by atoms with E-state index in [0.717, 1.165) is 0 Å². The summed E-state index contributed by atoms with van der Waals surface area (Å²) in [7, 11) is 0. The first-order chi connectivity index (χ1) is 7.87. The average Bonchev–Trinajstić information content (AvgIpc) is 2.08. The van der Waals surface area contributed by atoms with Gasteiger partial charge >= 0.3 is 12.4 Å². The summed E-state index contributed by atoms with van der Waals surface area (Å²) in [6, 6.07) is 0. The maximum absolute atomic E-state index is 12.1. The molecule has 0 aliphatic carbocycles. The predicted octanol–water partition coefficient (Wildman–Crippen LogP) is 1.77. The van der Waals surface area contributed by atoms with E-state index in [1.54, 1.807) is 0 Å². The number of carbonyl (C=O) groups is 1. The van der Waals surface area contributed by atoms with Crippen molar-refractivity contribution in [3.05, 3.63) is 0 Å². The number of hydrogen-bond donors (Lipinski definition) is 2. The van der Waals surface area contributed by atoms with Crippen molar-refractivity contribution in [2.75, 3.05) is 6.54 Å². The lowest BCUT2D eigenvalue weighted by atomic mass is 10.1. The van der Waals surface area contributed by atoms with Crippen molar-refractivity contribution in [3.63, 3.8) is 0 Å². The predicted molar refractivity (Wildman–Crippen MR) is 54.6 cm³/mol. The second-order valence-corrected chi connectivity index (χ2v) is 4.04. The third-order valence-corrected chi connectivity index (χ3v) is 2.39. The van der Waals surface area contributed by atoms with Crippen molar-refractivity contribution in [1.29, 1.82) is 0 Å². The van der Waals surface area contributed by atoms with Gasteiger partial charge in [-0.25, -0.2) is 0 Å². The van der Waals surface area contributed by atoms with E-state index in [1.165, 1.54) is 12.2 Å². The molecule has 0 spiro atoms. The Balaban J connectivity index is 4.76. The third-order valence-electron chi connectivity index (χ3n) is 1.99. The van der Waals surface area contributed by atoms with Crippen LogP contribution in [-0.2, 0) is 4.79 Å². The van der Waals surface area contributed by atoms with Crippen molar-refractivity contribution in [2.45, 2.75) is 19.3 Å². The van der Waals surface area contributed by atoms with Crippen LogP contribution in [0.5, 0.6) is 0 Å². The summed E-state index contributed by atoms with van der Waals surface area (Å²) < 4.78 is 72.7. The number of hydrogen-bond acceptors (Lipinski definition) is 2. The van der Waals surface area contributed by atoms with E-state index in [4.69, 9.17) is 5.73 Å². The van der Waals surface area contributed by atoms with Crippen molar-refractivity contribution < 1.29 is 31.1 Å². The monoisotopic (exact) mass is 296 g/mol. The van der Waals surface area contributed by atoms with Crippen LogP contribution in [0.2, 0.25) is 0 Å². The van der Waals surface area contributed by atoms with Gasteiger partial charge in [0.25, 0.3) is 0 Å². The number of halogens is 6. The van der Waals surface area contributed by atoms with Gasteiger partial charge in [-0.1, -0.05) is 19.1 Å². The SMILES string of the molecule is CC(CNC(=O)C(C(F)(F)F)C(F)(F)F)C(N)=S. The normalized spacial score (nSPS) is 14.4. The van der Waals surface area contributed by atoms with E-state index in [-0.39, 0.29) is 4.99 Å². The van der Waals surface area contributed by atoms with Crippen LogP contribution in [0.4, 0.5) is 26.3 Å². The zero-order chi connectivity index (χ0) is 14.7. The van der Waals surface area contributed by atoms with Crippen LogP contribution in [0.15, 0.2) is 0 Å². The molecule has 0 aliphatic heterocycles. The summed E-state index contributed by atoms with van der Waals surface area (Å²) in [5.41, 5.74) is 5.11. The van der Waals surface area contributed by atoms with E-state index >= 15 is 0 Å². The highest BCUT2D eigenvalue weighted by Crippen LogP contribution is 2.39. The zero-order valence-corrected chi connectivity index (χ0v) is 9.84. The average molecular weight is 296 g/mol. The molecule has 1 atom stereocenters. The van der Waals surface area contributed by atoms with Gasteiger partial charge in [-0.2, -0.15) is 26.3 Å². The Morgan fingerprint density at radius 1 is 1.22 bits per heavy atom. The minimum absolute atomic E-state index is 0.120. The standard InChI is InChI=1S/C8H10F6N2OS/c1-3(5(15)18)2-16-6(17)4(7(9,10)11)8(12,13)14/h3-4H,2H2,1H3,(H2,15,18)(H,16,17). The number of amides is 1. The summed E-state index contributed by atoms with van der Waals surface area (Å²) in [6.45, 7) is 0.871. The number of thiocarbonyl (C=S) groups is 1. The Morgan fingerprint density at radius 2 is 1.61 bits per heavy atom. The van der Waals surface area contributed by atoms with E-state index in [2.05, 4.69) is 12.2 Å². The Labute approximate surface area is 104 Å². The second-order valence-electron chi connectivity index (χ2n) is 3.56. The lowest BCUT2D eigenvalue weighted by molar-refractivity contribution is -0.274. The minimum atomic E-state index is -5.70. The molecule has 10 heteroatoms. The molecule has 18 heavy (non-hydrogen) atoms. The Kier molecular flexibility index (Phi) is 5.38. The molecule has 0 aromatic rings. The van der Waals surface area contributed by atoms with Crippen LogP contribution in [0.1, 0.15) is 6.92 Å². The van der Waals surface area contributed by atoms with Crippen LogP contribution in [0, 0.1) is 11.8 Å². The summed E-state index contributed by atoms with van der Waals surface area (Å²) >= 11 is 4.46. The van der Waals surface area contributed by atoms with Crippen molar-refractivity contribution in [1.82, 2.24) is 5.32 Å². The lowest BCUT2D eigenvalue weighted by Crippen LogP contribution is -2.49. The molecule has 1 unspecified atom stereocenters. The third kappa shape index (κ3) is 5.07. The van der Waals surface area contributed by atoms with Crippen molar-refractivity contribution in [3.8, 4) is 0 Å². The number of rotatable bonds is 4. The number of nitrogens with one attached hydrogen (secondary N) is 1. The maximum atomic E-state index is 12.1. The quantitative estimate of drug-likeness (QED) is 0.614. The molecule has 1 amide bonds. The smallest absolute Gasteiger partial charge is 0.393 e. The molecule has 0 saturated heterocycles. The zero-order valence-electron chi connectivity index (χ0n) is 9.02. The fraction of sp³-hybridized carbons (Fsp3) is 0.750. The van der Waals surface area contributed by atoms with Crippen molar-refractivity contribution in [2.24, 2.45) is 17.6 Å². The fourth-order valence-corrected chi connectivity index (χ4v) is 1.02. The molecule has 106 valence electrons. The van der Waals surface area contributed by atoms with Gasteiger partial charge in [-0.05, 0) is 0 Å². The second kappa shape index (κ2) is 5.72. The molecule has 0 aromatic heterocycles. The van der Waals surface area contributed by atoms with Gasteiger partial charge in [0.2, 0.25) is 11.8 Å². The maximum Gasteiger partial charge on any atom is 0.409 e. The van der Waals surface area contributed by atoms with Crippen LogP contribution >= 0.6 is 12.2 Å². The van der Waals surface area contributed by atoms with E-state index < -0.39 is 36.6 Å². The van der Waals surface area contributed by atoms with Gasteiger partial charge in [0, 0.05) is 12.5 Å². The van der Waals surface area contributed by atoms with Crippen LogP contribution in [-0.4, -0.2) is 29.8 Å². The molecule has 0 saturated carbocycles. The molecule has 0 heterocycles. The highest BCUT2D eigenvalue weighted by atomic mass is 32.1. The highest BCUT2D eigenvalue weighted by molar-refractivity contribution is 7.80. The highest BCUT2D eigenvalue weighted by Gasteiger charge is 2.61. The lowest BCUT2D eigenvalue weighted by Gasteiger charge is -2.22. The van der Waals surface area contributed by atoms with E-state index in [0.29, 0.717) is 0 Å². The molecular formula is C8H10F6N2OS. The molecule has 3 N–H and O–H groups in total. The molecule has 0 rings (SSSR count). The number of nitrogens with two attached hydrogens (primary N) is 1. The summed E-state index contributed by atoms with van der Waals surface area (Å²) in [4.78, 5) is 10.8. The Morgan fingerprint density at radius 3 is 1.89 bits per heavy atom. The van der Waals surface area contributed by atoms with Gasteiger partial charge < -0.3 is 11.1 Å². The molecule has 0 radical (unpaired) electrons. The van der Waals surface area contributed by atoms with Gasteiger partial charge in [-0.15, -0.1) is 0 Å². The first-order valence-corrected chi connectivity index (χ1v) is 4.98. The number of alkyl halides is 6. The summed E-state index contributed by atoms with van der Waals surface area (Å²) in [6.07, 6.45) is -11.4. The molecular weight excluding hydrogens is 286 g/mol. The molecule has 0 aromatic carbocycles. The topological polar surface area (TPSA) is 55.1 Å². The van der Waals surface area contributed by atoms with Crippen LogP contribution in [0.3, 0.4) is 0 Å². The fourth-order valence-electron chi connectivity index (χ4n) is 0.939. The Bertz CT molecular complexity index is 313. The van der Waals surface area contributed by atoms with Gasteiger partial charge in [-0.3, -0.25) is 4.79 Å². The largest absolute Gasteiger partial charge is 0.409 e. The molecule has 0 fully saturated rings. The van der Waals surface area contributed by atoms with E-state index in [1.807, 2.05) is 0 Å².